The molecular formula is C26H23F3NO+. The highest BCUT2D eigenvalue weighted by Gasteiger charge is 2.38. The number of aromatic nitrogens is 1. The van der Waals surface area contributed by atoms with Crippen LogP contribution in [0.1, 0.15) is 37.5 Å². The van der Waals surface area contributed by atoms with Crippen LogP contribution in [0.3, 0.4) is 0 Å². The number of halogens is 3. The molecule has 158 valence electrons. The minimum Gasteiger partial charge on any atom is -0.455 e. The van der Waals surface area contributed by atoms with Gasteiger partial charge in [-0.3, -0.25) is 0 Å². The van der Waals surface area contributed by atoms with Gasteiger partial charge in [0.1, 0.15) is 18.5 Å². The summed E-state index contributed by atoms with van der Waals surface area (Å²) in [4.78, 5) is 0. The lowest BCUT2D eigenvalue weighted by molar-refractivity contribution is -0.659. The number of hydrogen-bond acceptors (Lipinski definition) is 1. The second-order valence-corrected chi connectivity index (χ2v) is 9.31. The summed E-state index contributed by atoms with van der Waals surface area (Å²) in [6, 6.07) is 12.2. The second-order valence-electron chi connectivity index (χ2n) is 9.31. The van der Waals surface area contributed by atoms with Crippen LogP contribution in [0.4, 0.5) is 13.2 Å². The van der Waals surface area contributed by atoms with Crippen molar-refractivity contribution in [3.8, 4) is 22.8 Å². The molecule has 0 N–H and O–H groups in total. The summed E-state index contributed by atoms with van der Waals surface area (Å²) in [5.41, 5.74) is 2.92. The van der Waals surface area contributed by atoms with Crippen LogP contribution in [0.2, 0.25) is 0 Å². The van der Waals surface area contributed by atoms with Crippen LogP contribution < -0.4 is 9.30 Å². The Morgan fingerprint density at radius 3 is 2.26 bits per heavy atom. The first-order valence-corrected chi connectivity index (χ1v) is 10.3. The molecule has 2 heterocycles. The normalized spacial score (nSPS) is 13.4. The number of fused-ring (bicyclic) bond motifs is 3. The fourth-order valence-electron chi connectivity index (χ4n) is 4.83. The van der Waals surface area contributed by atoms with Crippen LogP contribution in [0.15, 0.2) is 48.7 Å². The molecule has 1 aromatic heterocycles. The van der Waals surface area contributed by atoms with E-state index in [0.717, 1.165) is 39.2 Å². The summed E-state index contributed by atoms with van der Waals surface area (Å²) in [5, 5.41) is 3.43. The van der Waals surface area contributed by atoms with E-state index in [4.69, 9.17) is 4.74 Å². The number of benzene rings is 3. The fraction of sp³-hybridized carbons (Fsp3) is 0.269. The Balaban J connectivity index is 2.01. The van der Waals surface area contributed by atoms with Gasteiger partial charge in [0.25, 0.3) is 0 Å². The van der Waals surface area contributed by atoms with Crippen molar-refractivity contribution >= 4 is 21.5 Å². The molecule has 0 spiro atoms. The number of alkyl halides is 3. The molecule has 5 rings (SSSR count). The lowest BCUT2D eigenvalue weighted by Crippen LogP contribution is -2.32. The van der Waals surface area contributed by atoms with Crippen LogP contribution in [-0.2, 0) is 18.6 Å². The maximum atomic E-state index is 13.6. The van der Waals surface area contributed by atoms with E-state index in [1.165, 1.54) is 6.07 Å². The molecule has 4 aromatic rings. The third-order valence-electron chi connectivity index (χ3n) is 6.16. The molecule has 5 heteroatoms. The predicted molar refractivity (Wildman–Crippen MR) is 117 cm³/mol. The molecule has 0 aliphatic carbocycles. The van der Waals surface area contributed by atoms with Crippen LogP contribution in [0, 0.1) is 6.92 Å². The molecule has 31 heavy (non-hydrogen) atoms. The molecule has 0 bridgehead atoms. The number of aryl methyl sites for hydroxylation is 2. The molecule has 0 fully saturated rings. The number of ether oxygens (including phenoxy) is 1. The highest BCUT2D eigenvalue weighted by molar-refractivity contribution is 6.07. The quantitative estimate of drug-likeness (QED) is 0.240. The van der Waals surface area contributed by atoms with Crippen molar-refractivity contribution in [1.82, 2.24) is 0 Å². The van der Waals surface area contributed by atoms with Crippen molar-refractivity contribution in [3.63, 3.8) is 0 Å². The van der Waals surface area contributed by atoms with Gasteiger partial charge in [0.15, 0.2) is 6.20 Å². The Morgan fingerprint density at radius 2 is 1.61 bits per heavy atom. The van der Waals surface area contributed by atoms with Gasteiger partial charge in [-0.15, -0.1) is 0 Å². The van der Waals surface area contributed by atoms with Gasteiger partial charge in [0, 0.05) is 11.6 Å². The first kappa shape index (κ1) is 19.9. The third-order valence-corrected chi connectivity index (χ3v) is 6.16. The molecule has 2 nitrogen and oxygen atoms in total. The number of rotatable bonds is 0. The maximum absolute atomic E-state index is 13.6. The number of pyridine rings is 1. The van der Waals surface area contributed by atoms with E-state index in [1.54, 1.807) is 6.07 Å². The number of hydrogen-bond donors (Lipinski definition) is 0. The van der Waals surface area contributed by atoms with Gasteiger partial charge >= 0.3 is 6.18 Å². The van der Waals surface area contributed by atoms with Crippen LogP contribution >= 0.6 is 0 Å². The lowest BCUT2D eigenvalue weighted by atomic mass is 9.78. The second kappa shape index (κ2) is 6.22. The molecule has 0 amide bonds. The molecule has 3 aromatic carbocycles. The van der Waals surface area contributed by atoms with Crippen molar-refractivity contribution in [2.75, 3.05) is 0 Å². The van der Waals surface area contributed by atoms with Crippen molar-refractivity contribution in [1.29, 1.82) is 0 Å². The zero-order valence-corrected chi connectivity index (χ0v) is 18.1. The smallest absolute Gasteiger partial charge is 0.416 e. The molecule has 0 unspecified atom stereocenters. The van der Waals surface area contributed by atoms with E-state index in [0.29, 0.717) is 16.5 Å². The Hall–Kier alpha value is -3.08. The average molecular weight is 422 g/mol. The van der Waals surface area contributed by atoms with E-state index in [-0.39, 0.29) is 11.2 Å². The Morgan fingerprint density at radius 1 is 0.935 bits per heavy atom. The fourth-order valence-corrected chi connectivity index (χ4v) is 4.83. The summed E-state index contributed by atoms with van der Waals surface area (Å²) in [6.45, 7) is 8.38. The van der Waals surface area contributed by atoms with E-state index in [9.17, 15) is 13.2 Å². The van der Waals surface area contributed by atoms with Crippen molar-refractivity contribution in [2.24, 2.45) is 7.05 Å². The highest BCUT2D eigenvalue weighted by Crippen LogP contribution is 2.53. The molecule has 1 aliphatic rings. The Kier molecular flexibility index (Phi) is 3.98. The summed E-state index contributed by atoms with van der Waals surface area (Å²) < 4.78 is 49.2. The summed E-state index contributed by atoms with van der Waals surface area (Å²) in [7, 11) is 1.93. The van der Waals surface area contributed by atoms with E-state index >= 15 is 0 Å². The Labute approximate surface area is 178 Å². The van der Waals surface area contributed by atoms with Crippen molar-refractivity contribution in [2.45, 2.75) is 39.3 Å². The van der Waals surface area contributed by atoms with E-state index in [1.807, 2.05) is 29.9 Å². The largest absolute Gasteiger partial charge is 0.455 e. The summed E-state index contributed by atoms with van der Waals surface area (Å²) >= 11 is 0. The minimum atomic E-state index is -4.45. The van der Waals surface area contributed by atoms with Gasteiger partial charge in [0.05, 0.1) is 16.5 Å². The van der Waals surface area contributed by atoms with Crippen molar-refractivity contribution in [3.05, 3.63) is 65.4 Å². The monoisotopic (exact) mass is 422 g/mol. The zero-order chi connectivity index (χ0) is 22.3. The SMILES string of the molecule is Cc1c2c(c(C(C)(C)C)c3ccccc13)Oc1cc(C(F)(F)F)cc3cc[n+](C)c-2c13. The van der Waals surface area contributed by atoms with Gasteiger partial charge in [-0.05, 0) is 46.2 Å². The van der Waals surface area contributed by atoms with Gasteiger partial charge in [-0.25, -0.2) is 4.57 Å². The highest BCUT2D eigenvalue weighted by atomic mass is 19.4. The van der Waals surface area contributed by atoms with Gasteiger partial charge in [0.2, 0.25) is 5.69 Å². The van der Waals surface area contributed by atoms with E-state index < -0.39 is 11.7 Å². The number of nitrogens with zero attached hydrogens (tertiary/aromatic N) is 1. The lowest BCUT2D eigenvalue weighted by Gasteiger charge is -2.30. The standard InChI is InChI=1S/C26H23F3NO/c1-14-17-8-6-7-9-18(17)22(25(2,3)4)24-20(14)23-21-15(10-11-30(23)5)12-16(26(27,28)29)13-19(21)31-24/h6-13H,1-5H3/q+1. The van der Waals surface area contributed by atoms with Gasteiger partial charge in [-0.2, -0.15) is 13.2 Å². The molecular weight excluding hydrogens is 399 g/mol. The third kappa shape index (κ3) is 2.83. The van der Waals surface area contributed by atoms with Crippen LogP contribution in [0.25, 0.3) is 32.8 Å². The first-order valence-electron chi connectivity index (χ1n) is 10.3. The Bertz CT molecular complexity index is 1390. The van der Waals surface area contributed by atoms with Crippen molar-refractivity contribution < 1.29 is 22.5 Å². The van der Waals surface area contributed by atoms with Gasteiger partial charge < -0.3 is 4.74 Å². The zero-order valence-electron chi connectivity index (χ0n) is 18.1. The minimum absolute atomic E-state index is 0.253. The molecule has 0 saturated carbocycles. The van der Waals surface area contributed by atoms with Gasteiger partial charge in [-0.1, -0.05) is 45.0 Å². The first-order chi connectivity index (χ1) is 14.5. The van der Waals surface area contributed by atoms with Crippen LogP contribution in [0.5, 0.6) is 11.5 Å². The summed E-state index contributed by atoms with van der Waals surface area (Å²) in [6.07, 6.45) is -2.62. The maximum Gasteiger partial charge on any atom is 0.416 e. The predicted octanol–water partition coefficient (Wildman–Crippen LogP) is 7.21. The van der Waals surface area contributed by atoms with E-state index in [2.05, 4.69) is 39.8 Å². The molecule has 1 aliphatic heterocycles. The average Bonchev–Trinajstić information content (AvgIpc) is 2.68. The summed E-state index contributed by atoms with van der Waals surface area (Å²) in [5.74, 6) is 0.905. The topological polar surface area (TPSA) is 13.1 Å². The molecule has 0 atom stereocenters. The molecule has 0 radical (unpaired) electrons. The van der Waals surface area contributed by atoms with Crippen LogP contribution in [-0.4, -0.2) is 0 Å². The molecule has 0 saturated heterocycles.